The van der Waals surface area contributed by atoms with Crippen LogP contribution in [0, 0.1) is 0 Å². The molecule has 0 spiro atoms. The minimum Gasteiger partial charge on any atom is -0.493 e. The predicted octanol–water partition coefficient (Wildman–Crippen LogP) is 2.51. The third kappa shape index (κ3) is 1.74. The lowest BCUT2D eigenvalue weighted by Crippen LogP contribution is -2.16. The molecule has 0 amide bonds. The molecule has 0 fully saturated rings. The number of aliphatic hydroxyl groups is 1. The van der Waals surface area contributed by atoms with Gasteiger partial charge in [0.1, 0.15) is 0 Å². The molecule has 0 atom stereocenters. The topological polar surface area (TPSA) is 38.7 Å². The van der Waals surface area contributed by atoms with Crippen molar-refractivity contribution in [2.24, 2.45) is 0 Å². The van der Waals surface area contributed by atoms with Gasteiger partial charge in [0.05, 0.1) is 24.3 Å². The SMILES string of the molecule is COc1cc(C(C)(C)O)c(Cl)c2c1OCC2. The summed E-state index contributed by atoms with van der Waals surface area (Å²) in [5, 5.41) is 10.6. The fourth-order valence-corrected chi connectivity index (χ4v) is 2.37. The van der Waals surface area contributed by atoms with Crippen LogP contribution < -0.4 is 9.47 Å². The van der Waals surface area contributed by atoms with Crippen LogP contribution in [0.25, 0.3) is 0 Å². The quantitative estimate of drug-likeness (QED) is 0.866. The van der Waals surface area contributed by atoms with Crippen LogP contribution >= 0.6 is 11.6 Å². The molecule has 1 aromatic rings. The van der Waals surface area contributed by atoms with Crippen LogP contribution in [0.4, 0.5) is 0 Å². The lowest BCUT2D eigenvalue weighted by atomic mass is 9.95. The molecular weight excluding hydrogens is 228 g/mol. The molecule has 0 radical (unpaired) electrons. The summed E-state index contributed by atoms with van der Waals surface area (Å²) in [7, 11) is 1.58. The first kappa shape index (κ1) is 11.6. The van der Waals surface area contributed by atoms with Gasteiger partial charge in [0.15, 0.2) is 11.5 Å². The van der Waals surface area contributed by atoms with E-state index >= 15 is 0 Å². The van der Waals surface area contributed by atoms with Crippen molar-refractivity contribution >= 4 is 11.6 Å². The van der Waals surface area contributed by atoms with E-state index in [0.717, 1.165) is 12.0 Å². The second-order valence-corrected chi connectivity index (χ2v) is 4.78. The molecule has 1 aromatic carbocycles. The maximum atomic E-state index is 10.0. The highest BCUT2D eigenvalue weighted by molar-refractivity contribution is 6.32. The van der Waals surface area contributed by atoms with Crippen LogP contribution in [0.1, 0.15) is 25.0 Å². The van der Waals surface area contributed by atoms with Crippen LogP contribution in [-0.2, 0) is 12.0 Å². The summed E-state index contributed by atoms with van der Waals surface area (Å²) in [4.78, 5) is 0. The minimum absolute atomic E-state index is 0.584. The average molecular weight is 243 g/mol. The van der Waals surface area contributed by atoms with Gasteiger partial charge in [-0.15, -0.1) is 0 Å². The highest BCUT2D eigenvalue weighted by Crippen LogP contribution is 2.44. The van der Waals surface area contributed by atoms with Crippen molar-refractivity contribution in [3.63, 3.8) is 0 Å². The largest absolute Gasteiger partial charge is 0.493 e. The van der Waals surface area contributed by atoms with Gasteiger partial charge in [0.25, 0.3) is 0 Å². The van der Waals surface area contributed by atoms with Gasteiger partial charge >= 0.3 is 0 Å². The number of benzene rings is 1. The monoisotopic (exact) mass is 242 g/mol. The van der Waals surface area contributed by atoms with Crippen molar-refractivity contribution in [3.05, 3.63) is 22.2 Å². The van der Waals surface area contributed by atoms with Crippen LogP contribution in [0.2, 0.25) is 5.02 Å². The first-order chi connectivity index (χ1) is 7.45. The van der Waals surface area contributed by atoms with Gasteiger partial charge in [-0.3, -0.25) is 0 Å². The number of ether oxygens (including phenoxy) is 2. The third-order valence-electron chi connectivity index (χ3n) is 2.75. The molecule has 0 bridgehead atoms. The highest BCUT2D eigenvalue weighted by atomic mass is 35.5. The zero-order chi connectivity index (χ0) is 11.9. The Morgan fingerprint density at radius 3 is 2.75 bits per heavy atom. The van der Waals surface area contributed by atoms with E-state index in [1.165, 1.54) is 0 Å². The maximum absolute atomic E-state index is 10.0. The summed E-state index contributed by atoms with van der Waals surface area (Å²) in [6.45, 7) is 4.02. The van der Waals surface area contributed by atoms with E-state index in [2.05, 4.69) is 0 Å². The molecule has 1 N–H and O–H groups in total. The smallest absolute Gasteiger partial charge is 0.165 e. The van der Waals surface area contributed by atoms with Crippen LogP contribution in [0.3, 0.4) is 0 Å². The molecule has 3 nitrogen and oxygen atoms in total. The van der Waals surface area contributed by atoms with Crippen molar-refractivity contribution in [1.82, 2.24) is 0 Å². The number of hydrogen-bond donors (Lipinski definition) is 1. The number of halogens is 1. The first-order valence-corrected chi connectivity index (χ1v) is 5.58. The number of rotatable bonds is 2. The second-order valence-electron chi connectivity index (χ2n) is 4.41. The summed E-state index contributed by atoms with van der Waals surface area (Å²) < 4.78 is 10.7. The molecule has 2 rings (SSSR count). The molecule has 0 aromatic heterocycles. The fourth-order valence-electron chi connectivity index (χ4n) is 1.90. The molecule has 0 saturated carbocycles. The number of hydrogen-bond acceptors (Lipinski definition) is 3. The molecule has 1 aliphatic rings. The van der Waals surface area contributed by atoms with Crippen LogP contribution in [0.15, 0.2) is 6.07 Å². The van der Waals surface area contributed by atoms with E-state index in [0.29, 0.717) is 28.7 Å². The van der Waals surface area contributed by atoms with Crippen molar-refractivity contribution in [3.8, 4) is 11.5 Å². The van der Waals surface area contributed by atoms with Gasteiger partial charge in [-0.2, -0.15) is 0 Å². The molecule has 0 unspecified atom stereocenters. The van der Waals surface area contributed by atoms with Crippen molar-refractivity contribution in [2.75, 3.05) is 13.7 Å². The minimum atomic E-state index is -0.984. The lowest BCUT2D eigenvalue weighted by molar-refractivity contribution is 0.0783. The van der Waals surface area contributed by atoms with Gasteiger partial charge in [-0.25, -0.2) is 0 Å². The van der Waals surface area contributed by atoms with Gasteiger partial charge in [0, 0.05) is 17.5 Å². The Bertz CT molecular complexity index is 421. The molecular formula is C12H15ClO3. The standard InChI is InChI=1S/C12H15ClO3/c1-12(2,14)8-6-9(15-3)11-7(10(8)13)4-5-16-11/h6,14H,4-5H2,1-3H3. The van der Waals surface area contributed by atoms with E-state index < -0.39 is 5.60 Å². The molecule has 88 valence electrons. The molecule has 4 heteroatoms. The Kier molecular flexibility index (Phi) is 2.76. The third-order valence-corrected chi connectivity index (χ3v) is 3.18. The fraction of sp³-hybridized carbons (Fsp3) is 0.500. The van der Waals surface area contributed by atoms with E-state index in [-0.39, 0.29) is 0 Å². The van der Waals surface area contributed by atoms with E-state index in [4.69, 9.17) is 21.1 Å². The van der Waals surface area contributed by atoms with E-state index in [1.54, 1.807) is 27.0 Å². The summed E-state index contributed by atoms with van der Waals surface area (Å²) in [5.74, 6) is 1.34. The average Bonchev–Trinajstić information content (AvgIpc) is 2.65. The number of fused-ring (bicyclic) bond motifs is 1. The van der Waals surface area contributed by atoms with Crippen molar-refractivity contribution in [1.29, 1.82) is 0 Å². The summed E-state index contributed by atoms with van der Waals surface area (Å²) in [6.07, 6.45) is 0.758. The van der Waals surface area contributed by atoms with Crippen molar-refractivity contribution < 1.29 is 14.6 Å². The van der Waals surface area contributed by atoms with Gasteiger partial charge in [0.2, 0.25) is 0 Å². The Balaban J connectivity index is 2.65. The Hall–Kier alpha value is -0.930. The Morgan fingerprint density at radius 1 is 1.50 bits per heavy atom. The zero-order valence-electron chi connectivity index (χ0n) is 9.63. The lowest BCUT2D eigenvalue weighted by Gasteiger charge is -2.22. The second kappa shape index (κ2) is 3.82. The number of methoxy groups -OCH3 is 1. The molecule has 0 saturated heterocycles. The summed E-state index contributed by atoms with van der Waals surface area (Å²) in [6, 6.07) is 1.74. The van der Waals surface area contributed by atoms with Crippen LogP contribution in [-0.4, -0.2) is 18.8 Å². The summed E-state index contributed by atoms with van der Waals surface area (Å²) >= 11 is 6.27. The highest BCUT2D eigenvalue weighted by Gasteiger charge is 2.28. The Morgan fingerprint density at radius 2 is 2.19 bits per heavy atom. The summed E-state index contributed by atoms with van der Waals surface area (Å²) in [5.41, 5.74) is 0.621. The molecule has 1 aliphatic heterocycles. The van der Waals surface area contributed by atoms with E-state index in [1.807, 2.05) is 0 Å². The van der Waals surface area contributed by atoms with E-state index in [9.17, 15) is 5.11 Å². The first-order valence-electron chi connectivity index (χ1n) is 5.20. The Labute approximate surface area is 99.9 Å². The van der Waals surface area contributed by atoms with Crippen molar-refractivity contribution in [2.45, 2.75) is 25.9 Å². The molecule has 16 heavy (non-hydrogen) atoms. The van der Waals surface area contributed by atoms with Crippen LogP contribution in [0.5, 0.6) is 11.5 Å². The molecule has 1 heterocycles. The van der Waals surface area contributed by atoms with Gasteiger partial charge < -0.3 is 14.6 Å². The normalized spacial score (nSPS) is 14.6. The van der Waals surface area contributed by atoms with Gasteiger partial charge in [-0.05, 0) is 19.9 Å². The maximum Gasteiger partial charge on any atom is 0.165 e. The molecule has 0 aliphatic carbocycles. The zero-order valence-corrected chi connectivity index (χ0v) is 10.4. The predicted molar refractivity (Wildman–Crippen MR) is 62.4 cm³/mol. The van der Waals surface area contributed by atoms with Gasteiger partial charge in [-0.1, -0.05) is 11.6 Å².